The van der Waals surface area contributed by atoms with E-state index in [1.165, 1.54) is 4.68 Å². The summed E-state index contributed by atoms with van der Waals surface area (Å²) in [5.41, 5.74) is 8.19. The first kappa shape index (κ1) is 19.4. The Hall–Kier alpha value is -3.39. The van der Waals surface area contributed by atoms with Gasteiger partial charge in [0.15, 0.2) is 11.5 Å². The Morgan fingerprint density at radius 1 is 1.11 bits per heavy atom. The minimum atomic E-state index is -0.484. The number of carbonyl (C=O) groups is 2. The fourth-order valence-electron chi connectivity index (χ4n) is 2.60. The van der Waals surface area contributed by atoms with E-state index in [9.17, 15) is 9.59 Å². The van der Waals surface area contributed by atoms with Gasteiger partial charge in [-0.25, -0.2) is 4.68 Å². The van der Waals surface area contributed by atoms with Gasteiger partial charge in [-0.3, -0.25) is 9.59 Å². The number of aryl methyl sites for hydroxylation is 1. The number of anilines is 3. The van der Waals surface area contributed by atoms with Gasteiger partial charge in [0, 0.05) is 16.4 Å². The zero-order valence-corrected chi connectivity index (χ0v) is 15.9. The Labute approximate surface area is 166 Å². The molecule has 0 saturated heterocycles. The number of amides is 2. The number of benzene rings is 2. The van der Waals surface area contributed by atoms with Gasteiger partial charge < -0.3 is 16.4 Å². The predicted octanol–water partition coefficient (Wildman–Crippen LogP) is 2.97. The highest BCUT2D eigenvalue weighted by atomic mass is 35.5. The first-order valence-corrected chi connectivity index (χ1v) is 8.99. The van der Waals surface area contributed by atoms with Gasteiger partial charge in [-0.05, 0) is 42.3 Å². The number of halogens is 1. The number of aromatic nitrogens is 3. The second kappa shape index (κ2) is 8.53. The van der Waals surface area contributed by atoms with Gasteiger partial charge in [-0.2, -0.15) is 0 Å². The number of nitrogens with one attached hydrogen (secondary N) is 2. The SMILES string of the molecule is CCc1ccccc1NC(=O)c1nnn(CC(=O)Nc2ccc(Cl)cc2)c1N. The number of carbonyl (C=O) groups excluding carboxylic acids is 2. The molecule has 144 valence electrons. The predicted molar refractivity (Wildman–Crippen MR) is 108 cm³/mol. The molecule has 0 bridgehead atoms. The summed E-state index contributed by atoms with van der Waals surface area (Å²) >= 11 is 5.82. The normalized spacial score (nSPS) is 10.5. The molecule has 0 saturated carbocycles. The van der Waals surface area contributed by atoms with E-state index in [1.807, 2.05) is 25.1 Å². The van der Waals surface area contributed by atoms with E-state index in [0.29, 0.717) is 16.4 Å². The van der Waals surface area contributed by atoms with Crippen LogP contribution in [0.5, 0.6) is 0 Å². The Morgan fingerprint density at radius 3 is 2.54 bits per heavy atom. The first-order chi connectivity index (χ1) is 13.5. The molecule has 3 aromatic rings. The molecule has 8 nitrogen and oxygen atoms in total. The van der Waals surface area contributed by atoms with E-state index < -0.39 is 5.91 Å². The summed E-state index contributed by atoms with van der Waals surface area (Å²) < 4.78 is 1.17. The molecule has 3 rings (SSSR count). The molecule has 4 N–H and O–H groups in total. The number of hydrogen-bond acceptors (Lipinski definition) is 5. The molecule has 0 aliphatic carbocycles. The van der Waals surface area contributed by atoms with E-state index in [4.69, 9.17) is 17.3 Å². The zero-order chi connectivity index (χ0) is 20.1. The third-order valence-corrected chi connectivity index (χ3v) is 4.31. The molecular formula is C19H19ClN6O2. The van der Waals surface area contributed by atoms with Crippen LogP contribution >= 0.6 is 11.6 Å². The molecule has 2 aromatic carbocycles. The summed E-state index contributed by atoms with van der Waals surface area (Å²) in [6, 6.07) is 14.1. The van der Waals surface area contributed by atoms with Gasteiger partial charge in [0.25, 0.3) is 5.91 Å². The molecule has 1 aromatic heterocycles. The number of nitrogen functional groups attached to an aromatic ring is 1. The summed E-state index contributed by atoms with van der Waals surface area (Å²) in [7, 11) is 0. The fraction of sp³-hybridized carbons (Fsp3) is 0.158. The highest BCUT2D eigenvalue weighted by molar-refractivity contribution is 6.30. The van der Waals surface area contributed by atoms with Crippen LogP contribution in [0, 0.1) is 0 Å². The van der Waals surface area contributed by atoms with Crippen molar-refractivity contribution in [1.82, 2.24) is 15.0 Å². The van der Waals surface area contributed by atoms with Crippen molar-refractivity contribution in [3.8, 4) is 0 Å². The second-order valence-electron chi connectivity index (χ2n) is 6.00. The minimum absolute atomic E-state index is 0.0118. The molecule has 1 heterocycles. The minimum Gasteiger partial charge on any atom is -0.382 e. The van der Waals surface area contributed by atoms with Crippen molar-refractivity contribution in [1.29, 1.82) is 0 Å². The van der Waals surface area contributed by atoms with Crippen LogP contribution in [0.15, 0.2) is 48.5 Å². The lowest BCUT2D eigenvalue weighted by molar-refractivity contribution is -0.116. The van der Waals surface area contributed by atoms with Crippen molar-refractivity contribution in [2.45, 2.75) is 19.9 Å². The van der Waals surface area contributed by atoms with Crippen LogP contribution < -0.4 is 16.4 Å². The van der Waals surface area contributed by atoms with Crippen molar-refractivity contribution < 1.29 is 9.59 Å². The lowest BCUT2D eigenvalue weighted by Gasteiger charge is -2.09. The lowest BCUT2D eigenvalue weighted by Crippen LogP contribution is -2.21. The van der Waals surface area contributed by atoms with E-state index in [-0.39, 0.29) is 24.0 Å². The largest absolute Gasteiger partial charge is 0.382 e. The standard InChI is InChI=1S/C19H19ClN6O2/c1-2-12-5-3-4-6-15(12)23-19(28)17-18(21)26(25-24-17)11-16(27)22-14-9-7-13(20)8-10-14/h3-10H,2,11,21H2,1H3,(H,22,27)(H,23,28). The van der Waals surface area contributed by atoms with E-state index in [0.717, 1.165) is 12.0 Å². The smallest absolute Gasteiger partial charge is 0.280 e. The van der Waals surface area contributed by atoms with Crippen molar-refractivity contribution in [2.24, 2.45) is 0 Å². The van der Waals surface area contributed by atoms with Gasteiger partial charge in [-0.15, -0.1) is 5.10 Å². The number of nitrogens with two attached hydrogens (primary N) is 1. The summed E-state index contributed by atoms with van der Waals surface area (Å²) in [6.45, 7) is 1.81. The quantitative estimate of drug-likeness (QED) is 0.590. The maximum atomic E-state index is 12.5. The molecule has 28 heavy (non-hydrogen) atoms. The third-order valence-electron chi connectivity index (χ3n) is 4.06. The Balaban J connectivity index is 1.68. The molecule has 0 atom stereocenters. The van der Waals surface area contributed by atoms with Crippen molar-refractivity contribution in [3.05, 3.63) is 64.8 Å². The molecule has 2 amide bonds. The van der Waals surface area contributed by atoms with Crippen molar-refractivity contribution >= 4 is 40.6 Å². The number of hydrogen-bond donors (Lipinski definition) is 3. The van der Waals surface area contributed by atoms with Crippen LogP contribution in [-0.2, 0) is 17.8 Å². The average molecular weight is 399 g/mol. The average Bonchev–Trinajstić information content (AvgIpc) is 3.04. The topological polar surface area (TPSA) is 115 Å². The van der Waals surface area contributed by atoms with Gasteiger partial charge in [-0.1, -0.05) is 41.9 Å². The summed E-state index contributed by atoms with van der Waals surface area (Å²) in [4.78, 5) is 24.7. The van der Waals surface area contributed by atoms with Crippen LogP contribution in [0.1, 0.15) is 23.0 Å². The van der Waals surface area contributed by atoms with Crippen LogP contribution in [0.4, 0.5) is 17.2 Å². The third kappa shape index (κ3) is 4.47. The zero-order valence-electron chi connectivity index (χ0n) is 15.1. The molecule has 0 spiro atoms. The van der Waals surface area contributed by atoms with Gasteiger partial charge in [0.1, 0.15) is 6.54 Å². The molecule has 0 aliphatic heterocycles. The lowest BCUT2D eigenvalue weighted by atomic mass is 10.1. The monoisotopic (exact) mass is 398 g/mol. The number of para-hydroxylation sites is 1. The Kier molecular flexibility index (Phi) is 5.90. The summed E-state index contributed by atoms with van der Waals surface area (Å²) in [5.74, 6) is -0.831. The Bertz CT molecular complexity index is 1000. The molecule has 0 unspecified atom stereocenters. The molecule has 9 heteroatoms. The maximum Gasteiger partial charge on any atom is 0.280 e. The number of nitrogens with zero attached hydrogens (tertiary/aromatic N) is 3. The van der Waals surface area contributed by atoms with Crippen molar-refractivity contribution in [3.63, 3.8) is 0 Å². The van der Waals surface area contributed by atoms with Gasteiger partial charge in [0.05, 0.1) is 0 Å². The summed E-state index contributed by atoms with van der Waals surface area (Å²) in [5, 5.41) is 13.7. The van der Waals surface area contributed by atoms with E-state index in [1.54, 1.807) is 30.3 Å². The highest BCUT2D eigenvalue weighted by Crippen LogP contribution is 2.18. The number of rotatable bonds is 6. The van der Waals surface area contributed by atoms with E-state index >= 15 is 0 Å². The second-order valence-corrected chi connectivity index (χ2v) is 6.44. The van der Waals surface area contributed by atoms with Crippen LogP contribution in [0.2, 0.25) is 5.02 Å². The van der Waals surface area contributed by atoms with Gasteiger partial charge >= 0.3 is 0 Å². The van der Waals surface area contributed by atoms with Crippen LogP contribution in [0.3, 0.4) is 0 Å². The van der Waals surface area contributed by atoms with Crippen molar-refractivity contribution in [2.75, 3.05) is 16.4 Å². The fourth-order valence-corrected chi connectivity index (χ4v) is 2.73. The Morgan fingerprint density at radius 2 is 1.82 bits per heavy atom. The maximum absolute atomic E-state index is 12.5. The molecule has 0 fully saturated rings. The molecular weight excluding hydrogens is 380 g/mol. The highest BCUT2D eigenvalue weighted by Gasteiger charge is 2.19. The van der Waals surface area contributed by atoms with Crippen LogP contribution in [-0.4, -0.2) is 26.8 Å². The molecule has 0 radical (unpaired) electrons. The first-order valence-electron chi connectivity index (χ1n) is 8.61. The van der Waals surface area contributed by atoms with Gasteiger partial charge in [0.2, 0.25) is 5.91 Å². The summed E-state index contributed by atoms with van der Waals surface area (Å²) in [6.07, 6.45) is 0.767. The molecule has 0 aliphatic rings. The van der Waals surface area contributed by atoms with E-state index in [2.05, 4.69) is 20.9 Å². The van der Waals surface area contributed by atoms with Crippen LogP contribution in [0.25, 0.3) is 0 Å².